The van der Waals surface area contributed by atoms with Gasteiger partial charge in [-0.05, 0) is 41.1 Å². The number of nitrogens with one attached hydrogen (secondary N) is 1. The number of carboxylic acids is 1. The van der Waals surface area contributed by atoms with Crippen LogP contribution in [0.3, 0.4) is 0 Å². The highest BCUT2D eigenvalue weighted by atomic mass is 35.5. The van der Waals surface area contributed by atoms with E-state index in [2.05, 4.69) is 4.72 Å². The summed E-state index contributed by atoms with van der Waals surface area (Å²) in [4.78, 5) is 11.3. The number of hydrogen-bond donors (Lipinski definition) is 2. The van der Waals surface area contributed by atoms with E-state index >= 15 is 0 Å². The molecule has 0 saturated heterocycles. The molecule has 0 bridgehead atoms. The minimum absolute atomic E-state index is 0.0416. The molecule has 7 heteroatoms. The predicted octanol–water partition coefficient (Wildman–Crippen LogP) is 3.99. The van der Waals surface area contributed by atoms with Crippen molar-refractivity contribution in [3.8, 4) is 0 Å². The number of benzene rings is 3. The van der Waals surface area contributed by atoms with Crippen LogP contribution in [0.5, 0.6) is 0 Å². The third-order valence-corrected chi connectivity index (χ3v) is 5.09. The standard InChI is InChI=1S/C17H12ClNO4S/c18-13-6-8-16(15(10-13)17(20)21)19-24(22,23)14-7-5-11-3-1-2-4-12(11)9-14/h1-10,19H,(H,20,21). The maximum atomic E-state index is 12.6. The maximum absolute atomic E-state index is 12.6. The van der Waals surface area contributed by atoms with Crippen molar-refractivity contribution >= 4 is 44.1 Å². The summed E-state index contributed by atoms with van der Waals surface area (Å²) in [5.41, 5.74) is -0.257. The van der Waals surface area contributed by atoms with Gasteiger partial charge in [-0.1, -0.05) is 41.9 Å². The fraction of sp³-hybridized carbons (Fsp3) is 0. The molecular weight excluding hydrogens is 350 g/mol. The van der Waals surface area contributed by atoms with Crippen LogP contribution in [0.15, 0.2) is 65.6 Å². The van der Waals surface area contributed by atoms with Crippen LogP contribution in [0, 0.1) is 0 Å². The summed E-state index contributed by atoms with van der Waals surface area (Å²) < 4.78 is 27.4. The number of sulfonamides is 1. The van der Waals surface area contributed by atoms with Crippen molar-refractivity contribution in [2.45, 2.75) is 4.90 Å². The van der Waals surface area contributed by atoms with Gasteiger partial charge in [-0.2, -0.15) is 0 Å². The summed E-state index contributed by atoms with van der Waals surface area (Å²) >= 11 is 5.77. The van der Waals surface area contributed by atoms with E-state index in [9.17, 15) is 18.3 Å². The van der Waals surface area contributed by atoms with Crippen molar-refractivity contribution in [2.24, 2.45) is 0 Å². The van der Waals surface area contributed by atoms with Crippen LogP contribution in [0.2, 0.25) is 5.02 Å². The Morgan fingerprint density at radius 1 is 0.958 bits per heavy atom. The molecule has 0 aliphatic rings. The highest BCUT2D eigenvalue weighted by molar-refractivity contribution is 7.92. The second-order valence-corrected chi connectivity index (χ2v) is 7.23. The number of hydrogen-bond acceptors (Lipinski definition) is 3. The van der Waals surface area contributed by atoms with Crippen molar-refractivity contribution in [3.05, 3.63) is 71.2 Å². The topological polar surface area (TPSA) is 83.5 Å². The molecule has 0 aliphatic carbocycles. The molecule has 122 valence electrons. The molecule has 0 fully saturated rings. The molecule has 3 aromatic rings. The van der Waals surface area contributed by atoms with Crippen LogP contribution in [-0.4, -0.2) is 19.5 Å². The summed E-state index contributed by atoms with van der Waals surface area (Å²) in [5.74, 6) is -1.27. The molecule has 0 unspecified atom stereocenters. The fourth-order valence-electron chi connectivity index (χ4n) is 2.32. The number of rotatable bonds is 4. The van der Waals surface area contributed by atoms with Gasteiger partial charge in [0.1, 0.15) is 0 Å². The Bertz CT molecular complexity index is 1050. The average Bonchev–Trinajstić information content (AvgIpc) is 2.55. The third-order valence-electron chi connectivity index (χ3n) is 3.49. The van der Waals surface area contributed by atoms with Gasteiger partial charge >= 0.3 is 5.97 Å². The Morgan fingerprint density at radius 3 is 2.38 bits per heavy atom. The van der Waals surface area contributed by atoms with Crippen LogP contribution in [-0.2, 0) is 10.0 Å². The number of halogens is 1. The highest BCUT2D eigenvalue weighted by Crippen LogP contribution is 2.25. The van der Waals surface area contributed by atoms with E-state index in [1.807, 2.05) is 18.2 Å². The molecule has 0 heterocycles. The van der Waals surface area contributed by atoms with E-state index in [0.717, 1.165) is 10.8 Å². The first kappa shape index (κ1) is 16.3. The van der Waals surface area contributed by atoms with Crippen LogP contribution >= 0.6 is 11.6 Å². The highest BCUT2D eigenvalue weighted by Gasteiger charge is 2.19. The Hall–Kier alpha value is -2.57. The molecule has 0 aliphatic heterocycles. The molecule has 5 nitrogen and oxygen atoms in total. The van der Waals surface area contributed by atoms with Crippen molar-refractivity contribution < 1.29 is 18.3 Å². The number of anilines is 1. The summed E-state index contributed by atoms with van der Waals surface area (Å²) in [6.07, 6.45) is 0. The third kappa shape index (κ3) is 3.20. The minimum Gasteiger partial charge on any atom is -0.478 e. The minimum atomic E-state index is -3.93. The van der Waals surface area contributed by atoms with Gasteiger partial charge in [0.2, 0.25) is 0 Å². The molecule has 3 rings (SSSR count). The number of fused-ring (bicyclic) bond motifs is 1. The van der Waals surface area contributed by atoms with Gasteiger partial charge in [0.25, 0.3) is 10.0 Å². The van der Waals surface area contributed by atoms with Gasteiger partial charge < -0.3 is 5.11 Å². The lowest BCUT2D eigenvalue weighted by Crippen LogP contribution is -2.15. The van der Waals surface area contributed by atoms with Crippen molar-refractivity contribution in [2.75, 3.05) is 4.72 Å². The first-order chi connectivity index (χ1) is 11.4. The molecule has 0 saturated carbocycles. The first-order valence-electron chi connectivity index (χ1n) is 6.91. The Balaban J connectivity index is 2.03. The van der Waals surface area contributed by atoms with E-state index in [4.69, 9.17) is 11.6 Å². The summed E-state index contributed by atoms with van der Waals surface area (Å²) in [5, 5.41) is 11.1. The average molecular weight is 362 g/mol. The van der Waals surface area contributed by atoms with Gasteiger partial charge in [0.15, 0.2) is 0 Å². The van der Waals surface area contributed by atoms with E-state index in [1.165, 1.54) is 30.3 Å². The second kappa shape index (κ2) is 6.14. The SMILES string of the molecule is O=C(O)c1cc(Cl)ccc1NS(=O)(=O)c1ccc2ccccc2c1. The van der Waals surface area contributed by atoms with Crippen LogP contribution in [0.25, 0.3) is 10.8 Å². The van der Waals surface area contributed by atoms with E-state index in [1.54, 1.807) is 12.1 Å². The van der Waals surface area contributed by atoms with E-state index in [0.29, 0.717) is 0 Å². The van der Waals surface area contributed by atoms with Gasteiger partial charge in [0.05, 0.1) is 16.1 Å². The lowest BCUT2D eigenvalue weighted by molar-refractivity contribution is 0.0698. The van der Waals surface area contributed by atoms with Gasteiger partial charge in [-0.15, -0.1) is 0 Å². The molecule has 3 aromatic carbocycles. The number of carboxylic acid groups (broad SMARTS) is 1. The molecule has 0 radical (unpaired) electrons. The van der Waals surface area contributed by atoms with Gasteiger partial charge in [-0.25, -0.2) is 13.2 Å². The zero-order chi connectivity index (χ0) is 17.3. The van der Waals surface area contributed by atoms with Crippen LogP contribution < -0.4 is 4.72 Å². The maximum Gasteiger partial charge on any atom is 0.337 e. The summed E-state index contributed by atoms with van der Waals surface area (Å²) in [7, 11) is -3.93. The number of carbonyl (C=O) groups is 1. The Kier molecular flexibility index (Phi) is 4.17. The molecule has 0 spiro atoms. The lowest BCUT2D eigenvalue weighted by Gasteiger charge is -2.11. The van der Waals surface area contributed by atoms with Crippen molar-refractivity contribution in [1.82, 2.24) is 0 Å². The molecule has 0 atom stereocenters. The van der Waals surface area contributed by atoms with E-state index < -0.39 is 16.0 Å². The van der Waals surface area contributed by atoms with Crippen LogP contribution in [0.4, 0.5) is 5.69 Å². The smallest absolute Gasteiger partial charge is 0.337 e. The monoisotopic (exact) mass is 361 g/mol. The first-order valence-corrected chi connectivity index (χ1v) is 8.77. The summed E-state index contributed by atoms with van der Waals surface area (Å²) in [6.45, 7) is 0. The molecule has 24 heavy (non-hydrogen) atoms. The fourth-order valence-corrected chi connectivity index (χ4v) is 3.61. The summed E-state index contributed by atoms with van der Waals surface area (Å²) in [6, 6.07) is 16.0. The molecule has 2 N–H and O–H groups in total. The number of aromatic carboxylic acids is 1. The molecule has 0 amide bonds. The van der Waals surface area contributed by atoms with Gasteiger partial charge in [0, 0.05) is 5.02 Å². The normalized spacial score (nSPS) is 11.4. The van der Waals surface area contributed by atoms with Crippen molar-refractivity contribution in [3.63, 3.8) is 0 Å². The van der Waals surface area contributed by atoms with Crippen molar-refractivity contribution in [1.29, 1.82) is 0 Å². The largest absolute Gasteiger partial charge is 0.478 e. The Morgan fingerprint density at radius 2 is 1.67 bits per heavy atom. The molecular formula is C17H12ClNO4S. The van der Waals surface area contributed by atoms with E-state index in [-0.39, 0.29) is 21.2 Å². The Labute approximate surface area is 143 Å². The lowest BCUT2D eigenvalue weighted by atomic mass is 10.1. The zero-order valence-electron chi connectivity index (χ0n) is 12.2. The predicted molar refractivity (Wildman–Crippen MR) is 93.2 cm³/mol. The quantitative estimate of drug-likeness (QED) is 0.735. The van der Waals surface area contributed by atoms with Crippen LogP contribution in [0.1, 0.15) is 10.4 Å². The second-order valence-electron chi connectivity index (χ2n) is 5.11. The zero-order valence-corrected chi connectivity index (χ0v) is 13.8. The van der Waals surface area contributed by atoms with Gasteiger partial charge in [-0.3, -0.25) is 4.72 Å². The molecule has 0 aromatic heterocycles.